The number of aromatic nitrogens is 4. The second-order valence-corrected chi connectivity index (χ2v) is 4.32. The number of rotatable bonds is 5. The summed E-state index contributed by atoms with van der Waals surface area (Å²) in [5, 5.41) is 18.2. The molecule has 20 heavy (non-hydrogen) atoms. The standard InChI is InChI=1S/C14H15N5O/c1-2-15-12(10-6-4-3-5-7-10)14-19-18-13(20-14)11-8-9-16-17-11/h3-9,12,15H,2H2,1H3,(H,16,17). The van der Waals surface area contributed by atoms with Crippen molar-refractivity contribution in [2.45, 2.75) is 13.0 Å². The van der Waals surface area contributed by atoms with Crippen LogP contribution in [-0.4, -0.2) is 26.9 Å². The second-order valence-electron chi connectivity index (χ2n) is 4.32. The molecule has 0 aliphatic carbocycles. The third-order valence-corrected chi connectivity index (χ3v) is 2.96. The van der Waals surface area contributed by atoms with Gasteiger partial charge in [-0.05, 0) is 18.2 Å². The maximum Gasteiger partial charge on any atom is 0.265 e. The summed E-state index contributed by atoms with van der Waals surface area (Å²) in [7, 11) is 0. The lowest BCUT2D eigenvalue weighted by atomic mass is 10.1. The van der Waals surface area contributed by atoms with Crippen LogP contribution in [0.2, 0.25) is 0 Å². The molecule has 2 aromatic heterocycles. The van der Waals surface area contributed by atoms with E-state index in [9.17, 15) is 0 Å². The molecule has 2 N–H and O–H groups in total. The highest BCUT2D eigenvalue weighted by Crippen LogP contribution is 2.23. The lowest BCUT2D eigenvalue weighted by Gasteiger charge is -2.13. The van der Waals surface area contributed by atoms with Crippen LogP contribution in [0, 0.1) is 0 Å². The number of hydrogen-bond acceptors (Lipinski definition) is 5. The molecule has 3 rings (SSSR count). The van der Waals surface area contributed by atoms with Crippen molar-refractivity contribution in [3.63, 3.8) is 0 Å². The first-order valence-corrected chi connectivity index (χ1v) is 6.50. The van der Waals surface area contributed by atoms with Gasteiger partial charge in [0.25, 0.3) is 5.89 Å². The van der Waals surface area contributed by atoms with Crippen LogP contribution in [0.5, 0.6) is 0 Å². The molecule has 102 valence electrons. The van der Waals surface area contributed by atoms with Crippen LogP contribution >= 0.6 is 0 Å². The summed E-state index contributed by atoms with van der Waals surface area (Å²) < 4.78 is 5.74. The number of aromatic amines is 1. The molecule has 0 fully saturated rings. The number of hydrogen-bond donors (Lipinski definition) is 2. The fourth-order valence-corrected chi connectivity index (χ4v) is 2.03. The van der Waals surface area contributed by atoms with Gasteiger partial charge in [-0.1, -0.05) is 37.3 Å². The van der Waals surface area contributed by atoms with Crippen molar-refractivity contribution in [2.75, 3.05) is 6.54 Å². The predicted molar refractivity (Wildman–Crippen MR) is 73.8 cm³/mol. The van der Waals surface area contributed by atoms with E-state index < -0.39 is 0 Å². The van der Waals surface area contributed by atoms with E-state index in [1.165, 1.54) is 0 Å². The highest BCUT2D eigenvalue weighted by atomic mass is 16.4. The fraction of sp³-hybridized carbons (Fsp3) is 0.214. The Morgan fingerprint density at radius 1 is 1.20 bits per heavy atom. The van der Waals surface area contributed by atoms with Gasteiger partial charge in [0, 0.05) is 6.20 Å². The third-order valence-electron chi connectivity index (χ3n) is 2.96. The monoisotopic (exact) mass is 269 g/mol. The van der Waals surface area contributed by atoms with E-state index in [0.717, 1.165) is 12.1 Å². The first-order valence-electron chi connectivity index (χ1n) is 6.50. The molecule has 0 amide bonds. The minimum absolute atomic E-state index is 0.106. The molecule has 0 radical (unpaired) electrons. The third kappa shape index (κ3) is 2.46. The summed E-state index contributed by atoms with van der Waals surface area (Å²) in [6, 6.07) is 11.7. The first kappa shape index (κ1) is 12.6. The van der Waals surface area contributed by atoms with E-state index in [1.54, 1.807) is 12.3 Å². The summed E-state index contributed by atoms with van der Waals surface area (Å²) in [4.78, 5) is 0. The van der Waals surface area contributed by atoms with E-state index in [1.807, 2.05) is 37.3 Å². The molecule has 2 heterocycles. The zero-order valence-corrected chi connectivity index (χ0v) is 11.1. The highest BCUT2D eigenvalue weighted by molar-refractivity contribution is 5.44. The maximum absolute atomic E-state index is 5.74. The van der Waals surface area contributed by atoms with Crippen LogP contribution in [-0.2, 0) is 0 Å². The van der Waals surface area contributed by atoms with Gasteiger partial charge in [-0.25, -0.2) is 0 Å². The van der Waals surface area contributed by atoms with Crippen LogP contribution in [0.3, 0.4) is 0 Å². The largest absolute Gasteiger partial charge is 0.417 e. The van der Waals surface area contributed by atoms with Gasteiger partial charge in [-0.2, -0.15) is 5.10 Å². The predicted octanol–water partition coefficient (Wildman–Crippen LogP) is 2.16. The molecule has 1 atom stereocenters. The van der Waals surface area contributed by atoms with E-state index in [2.05, 4.69) is 25.7 Å². The maximum atomic E-state index is 5.74. The molecular weight excluding hydrogens is 254 g/mol. The van der Waals surface area contributed by atoms with Crippen LogP contribution in [0.1, 0.15) is 24.4 Å². The van der Waals surface area contributed by atoms with E-state index in [-0.39, 0.29) is 6.04 Å². The average Bonchev–Trinajstić information content (AvgIpc) is 3.16. The van der Waals surface area contributed by atoms with Gasteiger partial charge >= 0.3 is 0 Å². The van der Waals surface area contributed by atoms with Gasteiger partial charge in [-0.15, -0.1) is 10.2 Å². The molecule has 0 bridgehead atoms. The number of nitrogens with zero attached hydrogens (tertiary/aromatic N) is 3. The summed E-state index contributed by atoms with van der Waals surface area (Å²) in [6.07, 6.45) is 1.65. The Balaban J connectivity index is 1.92. The lowest BCUT2D eigenvalue weighted by molar-refractivity contribution is 0.443. The van der Waals surface area contributed by atoms with Crippen molar-refractivity contribution in [1.29, 1.82) is 0 Å². The van der Waals surface area contributed by atoms with E-state index in [4.69, 9.17) is 4.42 Å². The van der Waals surface area contributed by atoms with Gasteiger partial charge in [0.15, 0.2) is 0 Å². The number of nitrogens with one attached hydrogen (secondary N) is 2. The zero-order chi connectivity index (χ0) is 13.8. The van der Waals surface area contributed by atoms with Crippen molar-refractivity contribution in [3.05, 3.63) is 54.0 Å². The van der Waals surface area contributed by atoms with Gasteiger partial charge in [0.2, 0.25) is 5.89 Å². The van der Waals surface area contributed by atoms with Gasteiger partial charge in [-0.3, -0.25) is 5.10 Å². The molecule has 0 saturated carbocycles. The topological polar surface area (TPSA) is 79.6 Å². The average molecular weight is 269 g/mol. The van der Waals surface area contributed by atoms with Crippen molar-refractivity contribution in [3.8, 4) is 11.6 Å². The zero-order valence-electron chi connectivity index (χ0n) is 11.1. The molecule has 1 unspecified atom stereocenters. The minimum atomic E-state index is -0.106. The smallest absolute Gasteiger partial charge is 0.265 e. The Morgan fingerprint density at radius 3 is 2.75 bits per heavy atom. The van der Waals surface area contributed by atoms with Gasteiger partial charge < -0.3 is 9.73 Å². The van der Waals surface area contributed by atoms with Crippen molar-refractivity contribution in [1.82, 2.24) is 25.7 Å². The van der Waals surface area contributed by atoms with Gasteiger partial charge in [0.05, 0.1) is 0 Å². The summed E-state index contributed by atoms with van der Waals surface area (Å²) in [6.45, 7) is 2.85. The Hall–Kier alpha value is -2.47. The molecule has 6 heteroatoms. The van der Waals surface area contributed by atoms with Crippen molar-refractivity contribution in [2.24, 2.45) is 0 Å². The van der Waals surface area contributed by atoms with Crippen LogP contribution < -0.4 is 5.32 Å². The van der Waals surface area contributed by atoms with Crippen molar-refractivity contribution >= 4 is 0 Å². The first-order chi connectivity index (χ1) is 9.88. The number of H-pyrrole nitrogens is 1. The molecule has 0 aliphatic rings. The SMILES string of the molecule is CCNC(c1ccccc1)c1nnc(-c2ccn[nH]2)o1. The van der Waals surface area contributed by atoms with Crippen LogP contribution in [0.4, 0.5) is 0 Å². The summed E-state index contributed by atoms with van der Waals surface area (Å²) >= 11 is 0. The Kier molecular flexibility index (Phi) is 3.56. The van der Waals surface area contributed by atoms with E-state index >= 15 is 0 Å². The molecule has 1 aromatic carbocycles. The van der Waals surface area contributed by atoms with Gasteiger partial charge in [0.1, 0.15) is 11.7 Å². The number of benzene rings is 1. The summed E-state index contributed by atoms with van der Waals surface area (Å²) in [5.41, 5.74) is 1.81. The summed E-state index contributed by atoms with van der Waals surface area (Å²) in [5.74, 6) is 0.985. The molecule has 0 aliphatic heterocycles. The van der Waals surface area contributed by atoms with Crippen molar-refractivity contribution < 1.29 is 4.42 Å². The lowest BCUT2D eigenvalue weighted by Crippen LogP contribution is -2.22. The molecule has 0 spiro atoms. The molecular formula is C14H15N5O. The van der Waals surface area contributed by atoms with Crippen LogP contribution in [0.25, 0.3) is 11.6 Å². The Labute approximate surface area is 116 Å². The van der Waals surface area contributed by atoms with E-state index in [0.29, 0.717) is 17.5 Å². The highest BCUT2D eigenvalue weighted by Gasteiger charge is 2.20. The molecule has 6 nitrogen and oxygen atoms in total. The Morgan fingerprint density at radius 2 is 2.05 bits per heavy atom. The second kappa shape index (κ2) is 5.66. The van der Waals surface area contributed by atoms with Crippen LogP contribution in [0.15, 0.2) is 47.0 Å². The minimum Gasteiger partial charge on any atom is -0.417 e. The molecule has 3 aromatic rings. The fourth-order valence-electron chi connectivity index (χ4n) is 2.03. The quantitative estimate of drug-likeness (QED) is 0.742. The Bertz CT molecular complexity index is 647. The normalized spacial score (nSPS) is 12.4. The molecule has 0 saturated heterocycles.